The highest BCUT2D eigenvalue weighted by Gasteiger charge is 2.46. The fraction of sp³-hybridized carbons (Fsp3) is 0.611. The van der Waals surface area contributed by atoms with Crippen molar-refractivity contribution < 1.29 is 23.7 Å². The first-order valence-corrected chi connectivity index (χ1v) is 7.88. The molecule has 3 atom stereocenters. The van der Waals surface area contributed by atoms with Gasteiger partial charge in [-0.1, -0.05) is 44.2 Å². The second kappa shape index (κ2) is 7.90. The minimum Gasteiger partial charge on any atom is -0.469 e. The third-order valence-electron chi connectivity index (χ3n) is 4.36. The maximum absolute atomic E-state index is 11.5. The molecule has 0 spiro atoms. The molecule has 1 aliphatic rings. The predicted molar refractivity (Wildman–Crippen MR) is 85.7 cm³/mol. The first kappa shape index (κ1) is 17.9. The summed E-state index contributed by atoms with van der Waals surface area (Å²) in [6.45, 7) is 4.65. The van der Waals surface area contributed by atoms with E-state index in [0.717, 1.165) is 5.56 Å². The van der Waals surface area contributed by atoms with Gasteiger partial charge in [0, 0.05) is 18.9 Å². The van der Waals surface area contributed by atoms with E-state index < -0.39 is 6.29 Å². The summed E-state index contributed by atoms with van der Waals surface area (Å²) in [7, 11) is 2.99. The monoisotopic (exact) mass is 322 g/mol. The number of carbonyl (C=O) groups is 1. The van der Waals surface area contributed by atoms with Crippen LogP contribution < -0.4 is 0 Å². The van der Waals surface area contributed by atoms with Crippen molar-refractivity contribution in [2.24, 2.45) is 5.41 Å². The van der Waals surface area contributed by atoms with E-state index >= 15 is 0 Å². The number of benzene rings is 1. The van der Waals surface area contributed by atoms with E-state index in [2.05, 4.69) is 13.8 Å². The van der Waals surface area contributed by atoms with Gasteiger partial charge in [-0.15, -0.1) is 0 Å². The Hall–Kier alpha value is -1.43. The van der Waals surface area contributed by atoms with Crippen LogP contribution in [0.3, 0.4) is 0 Å². The largest absolute Gasteiger partial charge is 0.469 e. The molecule has 0 aliphatic carbocycles. The Morgan fingerprint density at radius 1 is 1.26 bits per heavy atom. The Morgan fingerprint density at radius 3 is 2.57 bits per heavy atom. The standard InChI is InChI=1S/C18H26O5/c1-18(2)15(22-12-13-8-6-5-7-9-13)10-14(11-16(19)20-3)23-17(18)21-4/h5-9,14-15,17H,10-12H2,1-4H3/t14-,15-,17+/m1/s1. The molecule has 1 aromatic rings. The highest BCUT2D eigenvalue weighted by molar-refractivity contribution is 5.69. The topological polar surface area (TPSA) is 54.0 Å². The summed E-state index contributed by atoms with van der Waals surface area (Å²) >= 11 is 0. The number of esters is 1. The van der Waals surface area contributed by atoms with Crippen LogP contribution >= 0.6 is 0 Å². The lowest BCUT2D eigenvalue weighted by Gasteiger charge is -2.46. The van der Waals surface area contributed by atoms with Crippen LogP contribution in [0.25, 0.3) is 0 Å². The van der Waals surface area contributed by atoms with Gasteiger partial charge in [-0.3, -0.25) is 4.79 Å². The summed E-state index contributed by atoms with van der Waals surface area (Å²) in [6.07, 6.45) is 0.0795. The van der Waals surface area contributed by atoms with Crippen LogP contribution in [-0.2, 0) is 30.3 Å². The van der Waals surface area contributed by atoms with Crippen molar-refractivity contribution in [2.45, 2.75) is 51.8 Å². The number of hydrogen-bond donors (Lipinski definition) is 0. The number of hydrogen-bond acceptors (Lipinski definition) is 5. The van der Waals surface area contributed by atoms with Gasteiger partial charge in [0.2, 0.25) is 0 Å². The van der Waals surface area contributed by atoms with Gasteiger partial charge >= 0.3 is 5.97 Å². The maximum atomic E-state index is 11.5. The second-order valence-electron chi connectivity index (χ2n) is 6.45. The van der Waals surface area contributed by atoms with Gasteiger partial charge < -0.3 is 18.9 Å². The van der Waals surface area contributed by atoms with Gasteiger partial charge in [-0.2, -0.15) is 0 Å². The summed E-state index contributed by atoms with van der Waals surface area (Å²) in [4.78, 5) is 11.5. The average molecular weight is 322 g/mol. The molecule has 5 nitrogen and oxygen atoms in total. The van der Waals surface area contributed by atoms with E-state index in [-0.39, 0.29) is 30.0 Å². The molecule has 0 aromatic heterocycles. The van der Waals surface area contributed by atoms with Crippen molar-refractivity contribution in [1.82, 2.24) is 0 Å². The molecular formula is C18H26O5. The summed E-state index contributed by atoms with van der Waals surface area (Å²) < 4.78 is 22.3. The summed E-state index contributed by atoms with van der Waals surface area (Å²) in [5.41, 5.74) is 0.809. The van der Waals surface area contributed by atoms with Crippen LogP contribution in [0.1, 0.15) is 32.3 Å². The quantitative estimate of drug-likeness (QED) is 0.754. The lowest BCUT2D eigenvalue weighted by molar-refractivity contribution is -0.278. The van der Waals surface area contributed by atoms with Crippen LogP contribution in [0.15, 0.2) is 30.3 Å². The van der Waals surface area contributed by atoms with E-state index in [1.807, 2.05) is 30.3 Å². The van der Waals surface area contributed by atoms with E-state index in [1.165, 1.54) is 7.11 Å². The lowest BCUT2D eigenvalue weighted by atomic mass is 9.79. The first-order valence-electron chi connectivity index (χ1n) is 7.88. The molecule has 0 amide bonds. The van der Waals surface area contributed by atoms with Crippen LogP contribution in [0.5, 0.6) is 0 Å². The third-order valence-corrected chi connectivity index (χ3v) is 4.36. The Morgan fingerprint density at radius 2 is 1.96 bits per heavy atom. The van der Waals surface area contributed by atoms with Gasteiger partial charge in [0.05, 0.1) is 32.3 Å². The molecule has 1 aliphatic heterocycles. The lowest BCUT2D eigenvalue weighted by Crippen LogP contribution is -2.52. The molecular weight excluding hydrogens is 296 g/mol. The molecule has 23 heavy (non-hydrogen) atoms. The molecule has 0 bridgehead atoms. The minimum absolute atomic E-state index is 0.0731. The van der Waals surface area contributed by atoms with Gasteiger partial charge in [0.25, 0.3) is 0 Å². The number of methoxy groups -OCH3 is 2. The summed E-state index contributed by atoms with van der Waals surface area (Å²) in [6, 6.07) is 10.0. The summed E-state index contributed by atoms with van der Waals surface area (Å²) in [5, 5.41) is 0. The Balaban J connectivity index is 2.05. The fourth-order valence-corrected chi connectivity index (χ4v) is 2.91. The van der Waals surface area contributed by atoms with E-state index in [4.69, 9.17) is 18.9 Å². The highest BCUT2D eigenvalue weighted by Crippen LogP contribution is 2.39. The highest BCUT2D eigenvalue weighted by atomic mass is 16.7. The molecule has 128 valence electrons. The zero-order valence-electron chi connectivity index (χ0n) is 14.3. The number of ether oxygens (including phenoxy) is 4. The molecule has 1 heterocycles. The van der Waals surface area contributed by atoms with Crippen molar-refractivity contribution >= 4 is 5.97 Å². The number of carbonyl (C=O) groups excluding carboxylic acids is 1. The maximum Gasteiger partial charge on any atom is 0.308 e. The van der Waals surface area contributed by atoms with E-state index in [9.17, 15) is 4.79 Å². The normalized spacial score (nSPS) is 26.7. The van der Waals surface area contributed by atoms with Crippen LogP contribution in [0.2, 0.25) is 0 Å². The van der Waals surface area contributed by atoms with Gasteiger partial charge in [-0.05, 0) is 5.56 Å². The van der Waals surface area contributed by atoms with Crippen molar-refractivity contribution in [3.05, 3.63) is 35.9 Å². The molecule has 5 heteroatoms. The molecule has 1 fully saturated rings. The fourth-order valence-electron chi connectivity index (χ4n) is 2.91. The number of rotatable bonds is 6. The van der Waals surface area contributed by atoms with Crippen molar-refractivity contribution in [3.8, 4) is 0 Å². The van der Waals surface area contributed by atoms with Gasteiger partial charge in [-0.25, -0.2) is 0 Å². The molecule has 1 aromatic carbocycles. The van der Waals surface area contributed by atoms with Crippen molar-refractivity contribution in [3.63, 3.8) is 0 Å². The van der Waals surface area contributed by atoms with Crippen LogP contribution in [-0.4, -0.2) is 38.7 Å². The van der Waals surface area contributed by atoms with Gasteiger partial charge in [0.1, 0.15) is 0 Å². The Bertz CT molecular complexity index is 499. The third kappa shape index (κ3) is 4.53. The van der Waals surface area contributed by atoms with Crippen molar-refractivity contribution in [1.29, 1.82) is 0 Å². The van der Waals surface area contributed by atoms with Crippen molar-refractivity contribution in [2.75, 3.05) is 14.2 Å². The molecule has 0 N–H and O–H groups in total. The molecule has 2 rings (SSSR count). The molecule has 0 unspecified atom stereocenters. The molecule has 0 radical (unpaired) electrons. The summed E-state index contributed by atoms with van der Waals surface area (Å²) in [5.74, 6) is -0.286. The Labute approximate surface area is 137 Å². The smallest absolute Gasteiger partial charge is 0.308 e. The first-order chi connectivity index (χ1) is 11.0. The Kier molecular flexibility index (Phi) is 6.16. The van der Waals surface area contributed by atoms with Gasteiger partial charge in [0.15, 0.2) is 6.29 Å². The van der Waals surface area contributed by atoms with E-state index in [1.54, 1.807) is 7.11 Å². The SMILES string of the molecule is COC(=O)C[C@H]1C[C@@H](OCc2ccccc2)C(C)(C)[C@@H](OC)O1. The molecule has 0 saturated carbocycles. The van der Waals surface area contributed by atoms with E-state index in [0.29, 0.717) is 13.0 Å². The zero-order chi connectivity index (χ0) is 16.9. The molecule has 1 saturated heterocycles. The predicted octanol–water partition coefficient (Wildman–Crippen LogP) is 2.92. The van der Waals surface area contributed by atoms with Crippen LogP contribution in [0, 0.1) is 5.41 Å². The van der Waals surface area contributed by atoms with Crippen LogP contribution in [0.4, 0.5) is 0 Å². The average Bonchev–Trinajstić information content (AvgIpc) is 2.55. The minimum atomic E-state index is -0.424. The second-order valence-corrected chi connectivity index (χ2v) is 6.45. The zero-order valence-corrected chi connectivity index (χ0v) is 14.3.